The van der Waals surface area contributed by atoms with Crippen LogP contribution in [0.5, 0.6) is 0 Å². The Hall–Kier alpha value is -2.25. The van der Waals surface area contributed by atoms with Crippen molar-refractivity contribution >= 4 is 33.7 Å². The predicted octanol–water partition coefficient (Wildman–Crippen LogP) is 3.23. The van der Waals surface area contributed by atoms with E-state index in [2.05, 4.69) is 14.9 Å². The summed E-state index contributed by atoms with van der Waals surface area (Å²) in [6, 6.07) is 9.97. The van der Waals surface area contributed by atoms with Gasteiger partial charge in [0.25, 0.3) is 5.91 Å². The number of carbonyl (C=O) groups is 1. The maximum Gasteiger partial charge on any atom is 0.273 e. The van der Waals surface area contributed by atoms with E-state index in [9.17, 15) is 4.79 Å². The van der Waals surface area contributed by atoms with E-state index >= 15 is 0 Å². The summed E-state index contributed by atoms with van der Waals surface area (Å²) < 4.78 is 0. The van der Waals surface area contributed by atoms with Gasteiger partial charge < -0.3 is 9.80 Å². The molecule has 1 fully saturated rings. The van der Waals surface area contributed by atoms with Crippen LogP contribution in [0.3, 0.4) is 0 Å². The third kappa shape index (κ3) is 3.05. The molecule has 1 amide bonds. The molecular weight excluding hydrogens is 340 g/mol. The van der Waals surface area contributed by atoms with Gasteiger partial charge in [-0.2, -0.15) is 0 Å². The normalized spacial score (nSPS) is 14.8. The number of nitrogens with zero attached hydrogens (tertiary/aromatic N) is 4. The Labute approximate surface area is 148 Å². The SMILES string of the molecule is O=C(c1csc(-c2ccccc2)n1)N1CCN(c2nccs2)CC1. The van der Waals surface area contributed by atoms with E-state index in [0.717, 1.165) is 28.8 Å². The lowest BCUT2D eigenvalue weighted by Gasteiger charge is -2.34. The van der Waals surface area contributed by atoms with Crippen molar-refractivity contribution in [1.29, 1.82) is 0 Å². The van der Waals surface area contributed by atoms with Gasteiger partial charge in [-0.05, 0) is 0 Å². The second kappa shape index (κ2) is 6.70. The van der Waals surface area contributed by atoms with Crippen molar-refractivity contribution in [3.63, 3.8) is 0 Å². The summed E-state index contributed by atoms with van der Waals surface area (Å²) in [6.07, 6.45) is 1.82. The molecule has 2 aromatic heterocycles. The largest absolute Gasteiger partial charge is 0.345 e. The molecule has 0 radical (unpaired) electrons. The molecule has 0 spiro atoms. The molecule has 0 unspecified atom stereocenters. The average Bonchev–Trinajstić information content (AvgIpc) is 3.34. The van der Waals surface area contributed by atoms with Crippen LogP contribution in [0, 0.1) is 0 Å². The highest BCUT2D eigenvalue weighted by Gasteiger charge is 2.24. The van der Waals surface area contributed by atoms with Crippen molar-refractivity contribution in [1.82, 2.24) is 14.9 Å². The van der Waals surface area contributed by atoms with Gasteiger partial charge in [0.15, 0.2) is 5.13 Å². The molecule has 7 heteroatoms. The lowest BCUT2D eigenvalue weighted by molar-refractivity contribution is 0.0742. The van der Waals surface area contributed by atoms with Crippen molar-refractivity contribution in [3.8, 4) is 10.6 Å². The van der Waals surface area contributed by atoms with Crippen molar-refractivity contribution in [2.75, 3.05) is 31.1 Å². The Morgan fingerprint density at radius 3 is 2.54 bits per heavy atom. The van der Waals surface area contributed by atoms with E-state index in [1.807, 2.05) is 52.2 Å². The summed E-state index contributed by atoms with van der Waals surface area (Å²) in [7, 11) is 0. The Morgan fingerprint density at radius 2 is 1.83 bits per heavy atom. The predicted molar refractivity (Wildman–Crippen MR) is 97.8 cm³/mol. The van der Waals surface area contributed by atoms with Gasteiger partial charge in [0.1, 0.15) is 10.7 Å². The fraction of sp³-hybridized carbons (Fsp3) is 0.235. The molecule has 1 saturated heterocycles. The molecular formula is C17H16N4OS2. The molecule has 1 aliphatic rings. The molecule has 5 nitrogen and oxygen atoms in total. The number of anilines is 1. The van der Waals surface area contributed by atoms with Gasteiger partial charge in [0.2, 0.25) is 0 Å². The van der Waals surface area contributed by atoms with E-state index in [1.54, 1.807) is 11.3 Å². The molecule has 0 N–H and O–H groups in total. The Morgan fingerprint density at radius 1 is 1.04 bits per heavy atom. The number of amides is 1. The number of piperazine rings is 1. The van der Waals surface area contributed by atoms with Crippen LogP contribution in [-0.4, -0.2) is 47.0 Å². The number of hydrogen-bond acceptors (Lipinski definition) is 6. The Kier molecular flexibility index (Phi) is 4.27. The first kappa shape index (κ1) is 15.3. The average molecular weight is 356 g/mol. The van der Waals surface area contributed by atoms with Gasteiger partial charge in [0, 0.05) is 48.7 Å². The number of hydrogen-bond donors (Lipinski definition) is 0. The van der Waals surface area contributed by atoms with Crippen LogP contribution < -0.4 is 4.90 Å². The molecule has 0 saturated carbocycles. The standard InChI is InChI=1S/C17H16N4OS2/c22-16(14-12-24-15(19-14)13-4-2-1-3-5-13)20-7-9-21(10-8-20)17-18-6-11-23-17/h1-6,11-12H,7-10H2. The van der Waals surface area contributed by atoms with Gasteiger partial charge in [-0.1, -0.05) is 30.3 Å². The third-order valence-corrected chi connectivity index (χ3v) is 5.72. The quantitative estimate of drug-likeness (QED) is 0.723. The van der Waals surface area contributed by atoms with Gasteiger partial charge in [-0.25, -0.2) is 9.97 Å². The van der Waals surface area contributed by atoms with Crippen molar-refractivity contribution < 1.29 is 4.79 Å². The van der Waals surface area contributed by atoms with E-state index in [4.69, 9.17) is 0 Å². The summed E-state index contributed by atoms with van der Waals surface area (Å²) >= 11 is 3.15. The second-order valence-corrected chi connectivity index (χ2v) is 7.23. The smallest absolute Gasteiger partial charge is 0.273 e. The summed E-state index contributed by atoms with van der Waals surface area (Å²) in [4.78, 5) is 25.6. The van der Waals surface area contributed by atoms with Crippen molar-refractivity contribution in [2.24, 2.45) is 0 Å². The Bertz CT molecular complexity index is 808. The van der Waals surface area contributed by atoms with Gasteiger partial charge in [0.05, 0.1) is 0 Å². The molecule has 1 aliphatic heterocycles. The number of rotatable bonds is 3. The van der Waals surface area contributed by atoms with Gasteiger partial charge in [-0.3, -0.25) is 4.79 Å². The van der Waals surface area contributed by atoms with Crippen LogP contribution in [0.25, 0.3) is 10.6 Å². The first-order valence-electron chi connectivity index (χ1n) is 7.76. The summed E-state index contributed by atoms with van der Waals surface area (Å²) in [5.41, 5.74) is 1.59. The first-order chi connectivity index (χ1) is 11.8. The fourth-order valence-corrected chi connectivity index (χ4v) is 4.22. The van der Waals surface area contributed by atoms with E-state index < -0.39 is 0 Å². The minimum absolute atomic E-state index is 0.0206. The minimum atomic E-state index is 0.0206. The molecule has 122 valence electrons. The molecule has 3 heterocycles. The summed E-state index contributed by atoms with van der Waals surface area (Å²) in [6.45, 7) is 3.04. The highest BCUT2D eigenvalue weighted by Crippen LogP contribution is 2.24. The molecule has 1 aromatic carbocycles. The van der Waals surface area contributed by atoms with Crippen LogP contribution in [-0.2, 0) is 0 Å². The van der Waals surface area contributed by atoms with E-state index in [-0.39, 0.29) is 5.91 Å². The maximum atomic E-state index is 12.7. The van der Waals surface area contributed by atoms with Gasteiger partial charge in [-0.15, -0.1) is 22.7 Å². The lowest BCUT2D eigenvalue weighted by atomic mass is 10.2. The Balaban J connectivity index is 1.43. The fourth-order valence-electron chi connectivity index (χ4n) is 2.72. The van der Waals surface area contributed by atoms with Crippen LogP contribution in [0.4, 0.5) is 5.13 Å². The highest BCUT2D eigenvalue weighted by atomic mass is 32.1. The monoisotopic (exact) mass is 356 g/mol. The molecule has 3 aromatic rings. The van der Waals surface area contributed by atoms with Crippen LogP contribution in [0.15, 0.2) is 47.3 Å². The summed E-state index contributed by atoms with van der Waals surface area (Å²) in [5, 5.41) is 5.76. The molecule has 0 atom stereocenters. The molecule has 24 heavy (non-hydrogen) atoms. The molecule has 0 bridgehead atoms. The number of aromatic nitrogens is 2. The van der Waals surface area contributed by atoms with Crippen molar-refractivity contribution in [2.45, 2.75) is 0 Å². The van der Waals surface area contributed by atoms with E-state index in [0.29, 0.717) is 18.8 Å². The van der Waals surface area contributed by atoms with Crippen molar-refractivity contribution in [3.05, 3.63) is 53.0 Å². The first-order valence-corrected chi connectivity index (χ1v) is 9.52. The summed E-state index contributed by atoms with van der Waals surface area (Å²) in [5.74, 6) is 0.0206. The van der Waals surface area contributed by atoms with Crippen LogP contribution >= 0.6 is 22.7 Å². The maximum absolute atomic E-state index is 12.7. The molecule has 0 aliphatic carbocycles. The zero-order valence-electron chi connectivity index (χ0n) is 13.0. The third-order valence-electron chi connectivity index (χ3n) is 4.00. The highest BCUT2D eigenvalue weighted by molar-refractivity contribution is 7.13. The number of carbonyl (C=O) groups excluding carboxylic acids is 1. The second-order valence-electron chi connectivity index (χ2n) is 5.50. The number of benzene rings is 1. The zero-order chi connectivity index (χ0) is 16.4. The topological polar surface area (TPSA) is 49.3 Å². The van der Waals surface area contributed by atoms with Crippen LogP contribution in [0.1, 0.15) is 10.5 Å². The minimum Gasteiger partial charge on any atom is -0.345 e. The zero-order valence-corrected chi connectivity index (χ0v) is 14.6. The van der Waals surface area contributed by atoms with Gasteiger partial charge >= 0.3 is 0 Å². The molecule has 4 rings (SSSR count). The lowest BCUT2D eigenvalue weighted by Crippen LogP contribution is -2.48. The number of thiazole rings is 2. The van der Waals surface area contributed by atoms with Crippen LogP contribution in [0.2, 0.25) is 0 Å². The van der Waals surface area contributed by atoms with E-state index in [1.165, 1.54) is 11.3 Å².